The lowest BCUT2D eigenvalue weighted by Crippen LogP contribution is -2.49. The quantitative estimate of drug-likeness (QED) is 0.732. The molecule has 0 spiro atoms. The molecule has 3 heteroatoms. The Balaban J connectivity index is 2.65. The lowest BCUT2D eigenvalue weighted by Gasteiger charge is -2.41. The summed E-state index contributed by atoms with van der Waals surface area (Å²) < 4.78 is 10.4. The predicted molar refractivity (Wildman–Crippen MR) is 59.6 cm³/mol. The van der Waals surface area contributed by atoms with E-state index in [1.807, 2.05) is 6.92 Å². The second kappa shape index (κ2) is 5.28. The van der Waals surface area contributed by atoms with Gasteiger partial charge in [0.15, 0.2) is 6.29 Å². The Morgan fingerprint density at radius 2 is 1.87 bits per heavy atom. The van der Waals surface area contributed by atoms with E-state index in [0.29, 0.717) is 5.92 Å². The Hall–Kier alpha value is -0.120. The molecule has 0 amide bonds. The molecule has 3 unspecified atom stereocenters. The van der Waals surface area contributed by atoms with E-state index in [9.17, 15) is 5.11 Å². The van der Waals surface area contributed by atoms with Gasteiger partial charge in [-0.1, -0.05) is 19.8 Å². The van der Waals surface area contributed by atoms with Crippen LogP contribution in [0.15, 0.2) is 0 Å². The van der Waals surface area contributed by atoms with Crippen LogP contribution in [0.1, 0.15) is 39.5 Å². The molecular weight excluding hydrogens is 192 g/mol. The number of methoxy groups -OCH3 is 2. The molecule has 0 aromatic heterocycles. The molecule has 0 saturated heterocycles. The monoisotopic (exact) mass is 216 g/mol. The average molecular weight is 216 g/mol. The fraction of sp³-hybridized carbons (Fsp3) is 1.00. The maximum Gasteiger partial charge on any atom is 0.185 e. The summed E-state index contributed by atoms with van der Waals surface area (Å²) in [4.78, 5) is 0. The van der Waals surface area contributed by atoms with E-state index >= 15 is 0 Å². The zero-order valence-corrected chi connectivity index (χ0v) is 10.3. The molecule has 0 bridgehead atoms. The minimum absolute atomic E-state index is 0.283. The summed E-state index contributed by atoms with van der Waals surface area (Å²) in [6.45, 7) is 4.07. The second-order valence-electron chi connectivity index (χ2n) is 5.00. The second-order valence-corrected chi connectivity index (χ2v) is 5.00. The number of ether oxygens (including phenoxy) is 2. The number of hydrogen-bond donors (Lipinski definition) is 1. The molecule has 0 heterocycles. The van der Waals surface area contributed by atoms with Crippen LogP contribution in [0.25, 0.3) is 0 Å². The Morgan fingerprint density at radius 1 is 1.27 bits per heavy atom. The number of rotatable bonds is 4. The predicted octanol–water partition coefficient (Wildman–Crippen LogP) is 2.18. The number of aliphatic hydroxyl groups is 1. The molecule has 1 rings (SSSR count). The van der Waals surface area contributed by atoms with Crippen molar-refractivity contribution in [3.63, 3.8) is 0 Å². The molecule has 3 atom stereocenters. The normalized spacial score (nSPS) is 31.6. The van der Waals surface area contributed by atoms with Crippen molar-refractivity contribution < 1.29 is 14.6 Å². The third-order valence-electron chi connectivity index (χ3n) is 3.67. The molecule has 0 aliphatic heterocycles. The first-order valence-electron chi connectivity index (χ1n) is 5.80. The van der Waals surface area contributed by atoms with Gasteiger partial charge >= 0.3 is 0 Å². The number of hydrogen-bond acceptors (Lipinski definition) is 3. The van der Waals surface area contributed by atoms with Gasteiger partial charge in [0, 0.05) is 14.2 Å². The smallest absolute Gasteiger partial charge is 0.185 e. The fourth-order valence-electron chi connectivity index (χ4n) is 2.73. The molecule has 1 N–H and O–H groups in total. The lowest BCUT2D eigenvalue weighted by molar-refractivity contribution is -0.231. The molecule has 0 aromatic carbocycles. The first-order chi connectivity index (χ1) is 7.02. The van der Waals surface area contributed by atoms with E-state index in [1.165, 1.54) is 12.8 Å². The zero-order valence-electron chi connectivity index (χ0n) is 10.3. The van der Waals surface area contributed by atoms with E-state index < -0.39 is 11.9 Å². The van der Waals surface area contributed by atoms with E-state index in [0.717, 1.165) is 12.8 Å². The van der Waals surface area contributed by atoms with Gasteiger partial charge in [-0.2, -0.15) is 0 Å². The fourth-order valence-corrected chi connectivity index (χ4v) is 2.73. The van der Waals surface area contributed by atoms with E-state index in [2.05, 4.69) is 6.92 Å². The summed E-state index contributed by atoms with van der Waals surface area (Å²) >= 11 is 0. The van der Waals surface area contributed by atoms with Crippen LogP contribution < -0.4 is 0 Å². The van der Waals surface area contributed by atoms with E-state index in [1.54, 1.807) is 14.2 Å². The summed E-state index contributed by atoms with van der Waals surface area (Å²) in [7, 11) is 3.16. The van der Waals surface area contributed by atoms with Crippen LogP contribution in [-0.2, 0) is 9.47 Å². The van der Waals surface area contributed by atoms with Crippen molar-refractivity contribution in [2.75, 3.05) is 14.2 Å². The van der Waals surface area contributed by atoms with Gasteiger partial charge in [0.2, 0.25) is 0 Å². The first kappa shape index (κ1) is 12.9. The maximum atomic E-state index is 10.5. The highest BCUT2D eigenvalue weighted by atomic mass is 16.7. The highest BCUT2D eigenvalue weighted by molar-refractivity contribution is 4.88. The SMILES string of the molecule is COC(OC)C(C)(O)C1CCCC(C)C1. The molecule has 3 nitrogen and oxygen atoms in total. The highest BCUT2D eigenvalue weighted by Crippen LogP contribution is 2.38. The standard InChI is InChI=1S/C12H24O3/c1-9-6-5-7-10(8-9)12(2,13)11(14-3)15-4/h9-11,13H,5-8H2,1-4H3. The van der Waals surface area contributed by atoms with Gasteiger partial charge in [0.1, 0.15) is 5.60 Å². The Morgan fingerprint density at radius 3 is 2.33 bits per heavy atom. The average Bonchev–Trinajstić information content (AvgIpc) is 2.19. The van der Waals surface area contributed by atoms with Gasteiger partial charge < -0.3 is 14.6 Å². The summed E-state index contributed by atoms with van der Waals surface area (Å²) in [5.74, 6) is 0.982. The van der Waals surface area contributed by atoms with Crippen molar-refractivity contribution >= 4 is 0 Å². The Bertz CT molecular complexity index is 187. The van der Waals surface area contributed by atoms with Gasteiger partial charge in [0.25, 0.3) is 0 Å². The maximum absolute atomic E-state index is 10.5. The minimum atomic E-state index is -0.877. The van der Waals surface area contributed by atoms with Crippen molar-refractivity contribution in [3.8, 4) is 0 Å². The summed E-state index contributed by atoms with van der Waals surface area (Å²) in [5, 5.41) is 10.5. The van der Waals surface area contributed by atoms with Crippen LogP contribution in [0, 0.1) is 11.8 Å². The van der Waals surface area contributed by atoms with Crippen molar-refractivity contribution in [2.24, 2.45) is 11.8 Å². The molecule has 90 valence electrons. The molecule has 0 radical (unpaired) electrons. The van der Waals surface area contributed by atoms with Gasteiger partial charge in [-0.25, -0.2) is 0 Å². The van der Waals surface area contributed by atoms with Crippen LogP contribution in [0.2, 0.25) is 0 Å². The Kier molecular flexibility index (Phi) is 4.56. The van der Waals surface area contributed by atoms with E-state index in [-0.39, 0.29) is 5.92 Å². The zero-order chi connectivity index (χ0) is 11.5. The molecule has 1 fully saturated rings. The first-order valence-corrected chi connectivity index (χ1v) is 5.80. The third-order valence-corrected chi connectivity index (χ3v) is 3.67. The van der Waals surface area contributed by atoms with Crippen LogP contribution in [0.4, 0.5) is 0 Å². The van der Waals surface area contributed by atoms with Crippen molar-refractivity contribution in [3.05, 3.63) is 0 Å². The summed E-state index contributed by atoms with van der Waals surface area (Å²) in [6, 6.07) is 0. The third kappa shape index (κ3) is 2.92. The molecular formula is C12H24O3. The van der Waals surface area contributed by atoms with Crippen LogP contribution in [-0.4, -0.2) is 31.2 Å². The molecule has 0 aromatic rings. The van der Waals surface area contributed by atoms with Crippen LogP contribution >= 0.6 is 0 Å². The van der Waals surface area contributed by atoms with E-state index in [4.69, 9.17) is 9.47 Å². The van der Waals surface area contributed by atoms with Crippen molar-refractivity contribution in [2.45, 2.75) is 51.4 Å². The van der Waals surface area contributed by atoms with Gasteiger partial charge in [-0.3, -0.25) is 0 Å². The molecule has 1 aliphatic carbocycles. The van der Waals surface area contributed by atoms with Crippen LogP contribution in [0.5, 0.6) is 0 Å². The summed E-state index contributed by atoms with van der Waals surface area (Å²) in [6.07, 6.45) is 4.09. The lowest BCUT2D eigenvalue weighted by atomic mass is 9.73. The highest BCUT2D eigenvalue weighted by Gasteiger charge is 2.41. The van der Waals surface area contributed by atoms with Gasteiger partial charge in [0.05, 0.1) is 0 Å². The Labute approximate surface area is 92.8 Å². The van der Waals surface area contributed by atoms with Gasteiger partial charge in [-0.15, -0.1) is 0 Å². The van der Waals surface area contributed by atoms with Gasteiger partial charge in [-0.05, 0) is 31.6 Å². The molecule has 1 aliphatic rings. The van der Waals surface area contributed by atoms with Crippen LogP contribution in [0.3, 0.4) is 0 Å². The summed E-state index contributed by atoms with van der Waals surface area (Å²) in [5.41, 5.74) is -0.877. The largest absolute Gasteiger partial charge is 0.385 e. The minimum Gasteiger partial charge on any atom is -0.385 e. The van der Waals surface area contributed by atoms with Crippen molar-refractivity contribution in [1.29, 1.82) is 0 Å². The topological polar surface area (TPSA) is 38.7 Å². The molecule has 1 saturated carbocycles. The van der Waals surface area contributed by atoms with Crippen molar-refractivity contribution in [1.82, 2.24) is 0 Å². The molecule has 15 heavy (non-hydrogen) atoms.